The number of nitrogens with one attached hydrogen (secondary N) is 3. The molecule has 9 nitrogen and oxygen atoms in total. The van der Waals surface area contributed by atoms with E-state index in [2.05, 4.69) is 40.0 Å². The minimum atomic E-state index is -0.601. The number of hydrogen-bond donors (Lipinski definition) is 3. The Morgan fingerprint density at radius 1 is 1.03 bits per heavy atom. The van der Waals surface area contributed by atoms with Crippen LogP contribution in [0.5, 0.6) is 0 Å². The molecule has 0 saturated heterocycles. The number of anilines is 3. The van der Waals surface area contributed by atoms with E-state index in [0.717, 1.165) is 11.1 Å². The largest absolute Gasteiger partial charge is 0.355 e. The molecule has 154 valence electrons. The first-order valence-electron chi connectivity index (χ1n) is 9.39. The van der Waals surface area contributed by atoms with Crippen molar-refractivity contribution in [3.05, 3.63) is 82.2 Å². The lowest BCUT2D eigenvalue weighted by Crippen LogP contribution is -2.31. The monoisotopic (exact) mass is 406 g/mol. The summed E-state index contributed by atoms with van der Waals surface area (Å²) in [5, 5.41) is 14.6. The zero-order chi connectivity index (χ0) is 21.5. The van der Waals surface area contributed by atoms with Crippen molar-refractivity contribution in [2.45, 2.75) is 26.2 Å². The number of amides is 1. The third-order valence-corrected chi connectivity index (χ3v) is 4.37. The van der Waals surface area contributed by atoms with Gasteiger partial charge in [0.1, 0.15) is 6.33 Å². The van der Waals surface area contributed by atoms with Crippen molar-refractivity contribution < 1.29 is 9.72 Å². The van der Waals surface area contributed by atoms with Gasteiger partial charge < -0.3 is 5.32 Å². The second-order valence-corrected chi connectivity index (χ2v) is 6.91. The molecule has 0 fully saturated rings. The molecule has 9 heteroatoms. The lowest BCUT2D eigenvalue weighted by Gasteiger charge is -2.12. The second kappa shape index (κ2) is 9.46. The number of nitrogens with zero attached hydrogens (tertiary/aromatic N) is 3. The fraction of sp³-hybridized carbons (Fsp3) is 0.190. The number of carbonyl (C=O) groups is 1. The zero-order valence-electron chi connectivity index (χ0n) is 16.6. The van der Waals surface area contributed by atoms with E-state index in [1.807, 2.05) is 54.6 Å². The first kappa shape index (κ1) is 20.7. The molecule has 1 amide bonds. The number of benzene rings is 2. The normalized spacial score (nSPS) is 10.5. The number of aromatic nitrogens is 2. The predicted octanol–water partition coefficient (Wildman–Crippen LogP) is 3.94. The first-order chi connectivity index (χ1) is 14.4. The fourth-order valence-corrected chi connectivity index (χ4v) is 2.78. The van der Waals surface area contributed by atoms with Gasteiger partial charge in [0.05, 0.1) is 11.3 Å². The summed E-state index contributed by atoms with van der Waals surface area (Å²) in [6.07, 6.45) is 1.31. The maximum Gasteiger partial charge on any atom is 0.355 e. The zero-order valence-corrected chi connectivity index (χ0v) is 16.6. The van der Waals surface area contributed by atoms with Crippen LogP contribution in [0.15, 0.2) is 60.9 Å². The number of rotatable bonds is 8. The highest BCUT2D eigenvalue weighted by atomic mass is 16.6. The average molecular weight is 406 g/mol. The van der Waals surface area contributed by atoms with Crippen LogP contribution >= 0.6 is 0 Å². The summed E-state index contributed by atoms with van der Waals surface area (Å²) in [5.41, 5.74) is 7.23. The lowest BCUT2D eigenvalue weighted by molar-refractivity contribution is -0.383. The smallest absolute Gasteiger partial charge is 0.334 e. The number of hydrazine groups is 1. The number of carbonyl (C=O) groups excluding carboxylic acids is 1. The van der Waals surface area contributed by atoms with E-state index in [4.69, 9.17) is 0 Å². The van der Waals surface area contributed by atoms with Gasteiger partial charge in [-0.3, -0.25) is 25.8 Å². The Balaban J connectivity index is 1.74. The Labute approximate surface area is 173 Å². The average Bonchev–Trinajstić information content (AvgIpc) is 2.73. The maximum atomic E-state index is 12.1. The van der Waals surface area contributed by atoms with Gasteiger partial charge in [-0.15, -0.1) is 0 Å². The highest BCUT2D eigenvalue weighted by Crippen LogP contribution is 2.31. The Bertz CT molecular complexity index is 1020. The van der Waals surface area contributed by atoms with Crippen LogP contribution in [0.3, 0.4) is 0 Å². The van der Waals surface area contributed by atoms with Gasteiger partial charge in [0.15, 0.2) is 0 Å². The summed E-state index contributed by atoms with van der Waals surface area (Å²) in [6, 6.07) is 16.7. The summed E-state index contributed by atoms with van der Waals surface area (Å²) >= 11 is 0. The number of hydrogen-bond acceptors (Lipinski definition) is 7. The van der Waals surface area contributed by atoms with E-state index in [1.165, 1.54) is 6.33 Å². The van der Waals surface area contributed by atoms with Gasteiger partial charge in [-0.05, 0) is 29.2 Å². The molecular formula is C21H22N6O3. The summed E-state index contributed by atoms with van der Waals surface area (Å²) in [7, 11) is 0. The van der Waals surface area contributed by atoms with E-state index in [0.29, 0.717) is 11.6 Å². The molecule has 0 bridgehead atoms. The molecule has 30 heavy (non-hydrogen) atoms. The van der Waals surface area contributed by atoms with Gasteiger partial charge in [0.25, 0.3) is 0 Å². The molecule has 0 aliphatic heterocycles. The second-order valence-electron chi connectivity index (χ2n) is 6.91. The topological polar surface area (TPSA) is 122 Å². The van der Waals surface area contributed by atoms with Crippen molar-refractivity contribution >= 4 is 28.9 Å². The Morgan fingerprint density at radius 2 is 1.70 bits per heavy atom. The van der Waals surface area contributed by atoms with Crippen molar-refractivity contribution in [1.29, 1.82) is 0 Å². The minimum absolute atomic E-state index is 0.0205. The van der Waals surface area contributed by atoms with Crippen LogP contribution in [-0.2, 0) is 11.2 Å². The molecule has 0 unspecified atom stereocenters. The molecule has 3 rings (SSSR count). The molecule has 2 aromatic carbocycles. The molecule has 0 spiro atoms. The molecule has 0 aliphatic rings. The van der Waals surface area contributed by atoms with Crippen LogP contribution in [0.2, 0.25) is 0 Å². The minimum Gasteiger partial charge on any atom is -0.334 e. The van der Waals surface area contributed by atoms with Crippen LogP contribution in [0.4, 0.5) is 23.0 Å². The molecule has 3 N–H and O–H groups in total. The van der Waals surface area contributed by atoms with Gasteiger partial charge in [-0.25, -0.2) is 9.97 Å². The molecule has 0 atom stereocenters. The van der Waals surface area contributed by atoms with Gasteiger partial charge in [0.2, 0.25) is 17.5 Å². The van der Waals surface area contributed by atoms with Crippen molar-refractivity contribution in [3.8, 4) is 0 Å². The van der Waals surface area contributed by atoms with E-state index < -0.39 is 4.92 Å². The van der Waals surface area contributed by atoms with E-state index in [1.54, 1.807) is 0 Å². The molecule has 0 saturated carbocycles. The molecule has 0 radical (unpaired) electrons. The van der Waals surface area contributed by atoms with Crippen molar-refractivity contribution in [2.75, 3.05) is 10.7 Å². The highest BCUT2D eigenvalue weighted by Gasteiger charge is 2.23. The van der Waals surface area contributed by atoms with Gasteiger partial charge >= 0.3 is 5.69 Å². The van der Waals surface area contributed by atoms with E-state index in [-0.39, 0.29) is 29.7 Å². The van der Waals surface area contributed by atoms with Crippen molar-refractivity contribution in [3.63, 3.8) is 0 Å². The quantitative estimate of drug-likeness (QED) is 0.382. The molecule has 3 aromatic rings. The van der Waals surface area contributed by atoms with E-state index in [9.17, 15) is 14.9 Å². The Morgan fingerprint density at radius 3 is 2.33 bits per heavy atom. The fourth-order valence-electron chi connectivity index (χ4n) is 2.78. The highest BCUT2D eigenvalue weighted by molar-refractivity contribution is 5.81. The summed E-state index contributed by atoms with van der Waals surface area (Å²) in [4.78, 5) is 31.1. The summed E-state index contributed by atoms with van der Waals surface area (Å²) in [6.45, 7) is 4.17. The van der Waals surface area contributed by atoms with E-state index >= 15 is 0 Å². The number of nitro groups is 1. The molecule has 1 heterocycles. The Hall–Kier alpha value is -4.01. The molecular weight excluding hydrogens is 384 g/mol. The van der Waals surface area contributed by atoms with Gasteiger partial charge in [-0.1, -0.05) is 56.3 Å². The van der Waals surface area contributed by atoms with Crippen LogP contribution in [0.1, 0.15) is 30.9 Å². The van der Waals surface area contributed by atoms with Crippen molar-refractivity contribution in [2.24, 2.45) is 0 Å². The van der Waals surface area contributed by atoms with Crippen LogP contribution in [0.25, 0.3) is 0 Å². The van der Waals surface area contributed by atoms with Gasteiger partial charge in [0, 0.05) is 5.69 Å². The molecule has 0 aliphatic carbocycles. The van der Waals surface area contributed by atoms with Gasteiger partial charge in [-0.2, -0.15) is 0 Å². The van der Waals surface area contributed by atoms with Crippen LogP contribution in [0, 0.1) is 10.1 Å². The molecule has 1 aromatic heterocycles. The van der Waals surface area contributed by atoms with Crippen LogP contribution < -0.4 is 16.2 Å². The third kappa shape index (κ3) is 5.28. The summed E-state index contributed by atoms with van der Waals surface area (Å²) in [5.74, 6) is -0.0690. The lowest BCUT2D eigenvalue weighted by atomic mass is 10.0. The standard InChI is InChI=1S/C21H22N6O3/c1-14(2)16-8-10-17(11-9-16)24-20-19(27(29)30)21(23-13-22-20)26-25-18(28)12-15-6-4-3-5-7-15/h3-11,13-14H,12H2,1-2H3,(H,25,28)(H2,22,23,24,26). The van der Waals surface area contributed by atoms with Crippen molar-refractivity contribution in [1.82, 2.24) is 15.4 Å². The SMILES string of the molecule is CC(C)c1ccc(Nc2ncnc(NNC(=O)Cc3ccccc3)c2[N+](=O)[O-])cc1. The van der Waals surface area contributed by atoms with Crippen LogP contribution in [-0.4, -0.2) is 20.8 Å². The predicted molar refractivity (Wildman–Crippen MR) is 114 cm³/mol. The summed E-state index contributed by atoms with van der Waals surface area (Å²) < 4.78 is 0. The maximum absolute atomic E-state index is 12.1. The first-order valence-corrected chi connectivity index (χ1v) is 9.39. The Kier molecular flexibility index (Phi) is 6.53. The third-order valence-electron chi connectivity index (χ3n) is 4.37.